The standard InChI is InChI=1S/C22H16NS.C10H15.2ClH.Zr/c1-15-13-16-7-6-10-18(17(16)14-15)23-19-8-2-4-11-21(19)24-22-12-5-3-9-20(22)23;1-7-6-10(4,5)9(3)8(7)2;;;/h2-14H,1H3;1-5H3;2*1H;/q;;;;+2/p-2. The summed E-state index contributed by atoms with van der Waals surface area (Å²) in [5, 5.41) is 0. The summed E-state index contributed by atoms with van der Waals surface area (Å²) in [5.74, 6) is 0. The maximum absolute atomic E-state index is 2.50. The Balaban J connectivity index is 0.00000160. The molecule has 0 radical (unpaired) electrons. The minimum atomic E-state index is -0.885. The van der Waals surface area contributed by atoms with E-state index in [1.807, 2.05) is 11.8 Å². The molecule has 6 rings (SSSR count). The number of benzene rings is 3. The molecule has 0 N–H and O–H groups in total. The van der Waals surface area contributed by atoms with E-state index in [0.717, 1.165) is 0 Å². The zero-order valence-corrected chi connectivity index (χ0v) is 26.9. The molecule has 1 heterocycles. The summed E-state index contributed by atoms with van der Waals surface area (Å²) in [6, 6.07) is 24.7. The van der Waals surface area contributed by atoms with Gasteiger partial charge in [0, 0.05) is 0 Å². The van der Waals surface area contributed by atoms with Gasteiger partial charge in [-0.1, -0.05) is 0 Å². The van der Waals surface area contributed by atoms with Crippen molar-refractivity contribution < 1.29 is 48.0 Å². The third-order valence-electron chi connectivity index (χ3n) is 8.28. The Morgan fingerprint density at radius 3 is 1.86 bits per heavy atom. The minimum Gasteiger partial charge on any atom is -1.00 e. The number of hydrogen-bond acceptors (Lipinski definition) is 2. The predicted octanol–water partition coefficient (Wildman–Crippen LogP) is 3.82. The summed E-state index contributed by atoms with van der Waals surface area (Å²) in [7, 11) is 0. The van der Waals surface area contributed by atoms with Crippen LogP contribution in [0.15, 0.2) is 102 Å². The van der Waals surface area contributed by atoms with Gasteiger partial charge in [-0.05, 0) is 0 Å². The fourth-order valence-corrected chi connectivity index (χ4v) is 11.8. The van der Waals surface area contributed by atoms with Gasteiger partial charge in [-0.15, -0.1) is 0 Å². The van der Waals surface area contributed by atoms with Crippen LogP contribution in [-0.4, -0.2) is 0 Å². The molecular weight excluding hydrogens is 593 g/mol. The Morgan fingerprint density at radius 2 is 1.30 bits per heavy atom. The first-order valence-electron chi connectivity index (χ1n) is 12.4. The molecule has 0 amide bonds. The number of hydrogen-bond donors (Lipinski definition) is 0. The Hall–Kier alpha value is -1.51. The molecule has 0 spiro atoms. The molecule has 0 saturated carbocycles. The maximum Gasteiger partial charge on any atom is -1.00 e. The van der Waals surface area contributed by atoms with Crippen molar-refractivity contribution >= 4 is 34.9 Å². The average molecular weight is 624 g/mol. The molecule has 0 aromatic heterocycles. The van der Waals surface area contributed by atoms with Crippen LogP contribution in [0, 0.1) is 5.41 Å². The molecule has 0 bridgehead atoms. The van der Waals surface area contributed by atoms with Crippen molar-refractivity contribution in [3.8, 4) is 0 Å². The van der Waals surface area contributed by atoms with Crippen LogP contribution in [0.2, 0.25) is 0 Å². The molecule has 0 fully saturated rings. The number of anilines is 3. The van der Waals surface area contributed by atoms with Crippen LogP contribution in [0.1, 0.15) is 56.3 Å². The van der Waals surface area contributed by atoms with Gasteiger partial charge >= 0.3 is 227 Å². The van der Waals surface area contributed by atoms with E-state index in [9.17, 15) is 0 Å². The van der Waals surface area contributed by atoms with Gasteiger partial charge in [-0.3, -0.25) is 0 Å². The SMILES string of the molecule is CC1=Cc2c(cccc2N2c3ccccc3Sc3ccccc32)[CH]1[Zr+2][C]1=C(C)C(C)=C(C)C1(C)C.[Cl-].[Cl-]. The van der Waals surface area contributed by atoms with Crippen LogP contribution in [0.25, 0.3) is 6.08 Å². The van der Waals surface area contributed by atoms with Gasteiger partial charge in [-0.25, -0.2) is 0 Å². The normalized spacial score (nSPS) is 18.8. The van der Waals surface area contributed by atoms with Crippen molar-refractivity contribution in [1.82, 2.24) is 0 Å². The molecule has 2 aliphatic carbocycles. The molecule has 188 valence electrons. The van der Waals surface area contributed by atoms with Gasteiger partial charge < -0.3 is 24.8 Å². The van der Waals surface area contributed by atoms with E-state index >= 15 is 0 Å². The fraction of sp³-hybridized carbons (Fsp3) is 0.250. The number of fused-ring (bicyclic) bond motifs is 3. The molecule has 1 unspecified atom stereocenters. The van der Waals surface area contributed by atoms with Crippen LogP contribution < -0.4 is 29.7 Å². The Kier molecular flexibility index (Phi) is 8.14. The molecule has 3 aliphatic rings. The second-order valence-electron chi connectivity index (χ2n) is 10.5. The van der Waals surface area contributed by atoms with E-state index in [1.165, 1.54) is 43.6 Å². The van der Waals surface area contributed by atoms with Crippen molar-refractivity contribution in [1.29, 1.82) is 0 Å². The Labute approximate surface area is 249 Å². The predicted molar refractivity (Wildman–Crippen MR) is 146 cm³/mol. The largest absolute Gasteiger partial charge is 1.00 e. The number of para-hydroxylation sites is 2. The molecule has 5 heteroatoms. The van der Waals surface area contributed by atoms with Crippen molar-refractivity contribution in [2.75, 3.05) is 4.90 Å². The number of allylic oxidation sites excluding steroid dienone is 5. The first-order valence-corrected chi connectivity index (χ1v) is 15.9. The summed E-state index contributed by atoms with van der Waals surface area (Å²) < 4.78 is 2.37. The van der Waals surface area contributed by atoms with E-state index in [-0.39, 0.29) is 30.2 Å². The van der Waals surface area contributed by atoms with Crippen LogP contribution >= 0.6 is 11.8 Å². The number of halogens is 2. The molecule has 3 aromatic carbocycles. The summed E-state index contributed by atoms with van der Waals surface area (Å²) in [6.45, 7) is 14.3. The van der Waals surface area contributed by atoms with Gasteiger partial charge in [-0.2, -0.15) is 0 Å². The van der Waals surface area contributed by atoms with Gasteiger partial charge in [0.1, 0.15) is 0 Å². The quantitative estimate of drug-likeness (QED) is 0.342. The first-order chi connectivity index (χ1) is 16.8. The van der Waals surface area contributed by atoms with Gasteiger partial charge in [0.05, 0.1) is 0 Å². The zero-order valence-electron chi connectivity index (χ0n) is 22.1. The zero-order chi connectivity index (χ0) is 24.5. The monoisotopic (exact) mass is 621 g/mol. The van der Waals surface area contributed by atoms with Crippen molar-refractivity contribution in [3.05, 3.63) is 103 Å². The van der Waals surface area contributed by atoms with Gasteiger partial charge in [0.25, 0.3) is 0 Å². The average Bonchev–Trinajstić information content (AvgIpc) is 3.25. The number of nitrogens with zero attached hydrogens (tertiary/aromatic N) is 1. The molecular formula is C32H31Cl2NSZr. The molecule has 1 aliphatic heterocycles. The van der Waals surface area contributed by atoms with Crippen molar-refractivity contribution in [3.63, 3.8) is 0 Å². The van der Waals surface area contributed by atoms with Gasteiger partial charge in [0.15, 0.2) is 0 Å². The van der Waals surface area contributed by atoms with E-state index in [1.54, 1.807) is 20.0 Å². The Morgan fingerprint density at radius 1 is 0.730 bits per heavy atom. The molecule has 3 aromatic rings. The third kappa shape index (κ3) is 4.45. The Bertz CT molecular complexity index is 1440. The summed E-state index contributed by atoms with van der Waals surface area (Å²) in [4.78, 5) is 5.14. The topological polar surface area (TPSA) is 3.24 Å². The summed E-state index contributed by atoms with van der Waals surface area (Å²) in [6.07, 6.45) is 2.49. The number of rotatable bonds is 3. The molecule has 37 heavy (non-hydrogen) atoms. The van der Waals surface area contributed by atoms with Crippen molar-refractivity contribution in [2.45, 2.75) is 55.0 Å². The summed E-state index contributed by atoms with van der Waals surface area (Å²) >= 11 is 0.993. The van der Waals surface area contributed by atoms with Crippen LogP contribution in [0.4, 0.5) is 17.1 Å². The van der Waals surface area contributed by atoms with E-state index in [0.29, 0.717) is 3.63 Å². The van der Waals surface area contributed by atoms with Crippen LogP contribution in [0.5, 0.6) is 0 Å². The second-order valence-corrected chi connectivity index (χ2v) is 14.9. The minimum absolute atomic E-state index is 0. The molecule has 0 saturated heterocycles. The van der Waals surface area contributed by atoms with E-state index < -0.39 is 23.2 Å². The van der Waals surface area contributed by atoms with Gasteiger partial charge in [0.2, 0.25) is 0 Å². The second kappa shape index (κ2) is 10.6. The van der Waals surface area contributed by atoms with E-state index in [4.69, 9.17) is 0 Å². The third-order valence-corrected chi connectivity index (χ3v) is 15.2. The summed E-state index contributed by atoms with van der Waals surface area (Å²) in [5.41, 5.74) is 13.3. The van der Waals surface area contributed by atoms with Crippen molar-refractivity contribution in [2.24, 2.45) is 5.41 Å². The van der Waals surface area contributed by atoms with Crippen LogP contribution in [0.3, 0.4) is 0 Å². The molecule has 1 atom stereocenters. The van der Waals surface area contributed by atoms with E-state index in [2.05, 4.69) is 119 Å². The maximum atomic E-state index is 2.50. The smallest absolute Gasteiger partial charge is 1.00 e. The fourth-order valence-electron chi connectivity index (χ4n) is 5.91. The first kappa shape index (κ1) is 28.5. The van der Waals surface area contributed by atoms with Crippen LogP contribution in [-0.2, 0) is 23.2 Å². The molecule has 1 nitrogen and oxygen atoms in total.